The standard InChI is InChI=1S/C16H16N6O2/c1-10(19-15(23)11-2-6-13(21-17)7-3-11)20-16(24)12-4-8-14(22-18)9-5-12/h2-6,8,10H,7,9H2,1H3,(H,19,23)(H,20,24). The third kappa shape index (κ3) is 4.33. The van der Waals surface area contributed by atoms with Crippen LogP contribution in [0.4, 0.5) is 0 Å². The summed E-state index contributed by atoms with van der Waals surface area (Å²) < 4.78 is 0. The first-order valence-corrected chi connectivity index (χ1v) is 7.33. The Hall–Kier alpha value is -3.34. The van der Waals surface area contributed by atoms with Crippen LogP contribution in [0.1, 0.15) is 19.8 Å². The zero-order valence-corrected chi connectivity index (χ0v) is 13.1. The third-order valence-corrected chi connectivity index (χ3v) is 3.45. The molecule has 0 aromatic carbocycles. The lowest BCUT2D eigenvalue weighted by Crippen LogP contribution is -2.46. The van der Waals surface area contributed by atoms with Crippen molar-refractivity contribution in [2.24, 2.45) is 0 Å². The predicted molar refractivity (Wildman–Crippen MR) is 86.7 cm³/mol. The summed E-state index contributed by atoms with van der Waals surface area (Å²) in [5.74, 6) is -0.669. The summed E-state index contributed by atoms with van der Waals surface area (Å²) in [6.07, 6.45) is 9.63. The maximum atomic E-state index is 12.1. The van der Waals surface area contributed by atoms with E-state index in [4.69, 9.17) is 11.1 Å². The van der Waals surface area contributed by atoms with Crippen LogP contribution in [-0.4, -0.2) is 39.0 Å². The van der Waals surface area contributed by atoms with Gasteiger partial charge in [-0.15, -0.1) is 0 Å². The maximum absolute atomic E-state index is 12.1. The second kappa shape index (κ2) is 7.78. The molecule has 8 heteroatoms. The van der Waals surface area contributed by atoms with Crippen molar-refractivity contribution in [1.29, 1.82) is 0 Å². The molecule has 8 nitrogen and oxygen atoms in total. The molecular weight excluding hydrogens is 308 g/mol. The topological polar surface area (TPSA) is 131 Å². The second-order valence-electron chi connectivity index (χ2n) is 5.25. The minimum atomic E-state index is -0.575. The van der Waals surface area contributed by atoms with Crippen molar-refractivity contribution in [3.8, 4) is 0 Å². The SMILES string of the molecule is CC(NC(=O)C1=CCC(=[N+]=[N-])C=C1)NC(=O)C1=CCC(=[N+]=[N-])C=C1. The smallest absolute Gasteiger partial charge is 0.295 e. The number of nitrogens with one attached hydrogen (secondary N) is 2. The number of amides is 2. The van der Waals surface area contributed by atoms with Gasteiger partial charge in [0.25, 0.3) is 23.2 Å². The number of carbonyl (C=O) groups is 2. The molecule has 0 aliphatic heterocycles. The Morgan fingerprint density at radius 1 is 0.917 bits per heavy atom. The van der Waals surface area contributed by atoms with E-state index in [9.17, 15) is 9.59 Å². The molecule has 2 N–H and O–H groups in total. The molecule has 122 valence electrons. The summed E-state index contributed by atoms with van der Waals surface area (Å²) in [4.78, 5) is 30.3. The molecule has 0 saturated heterocycles. The average Bonchev–Trinajstić information content (AvgIpc) is 2.61. The molecule has 0 bridgehead atoms. The van der Waals surface area contributed by atoms with Crippen molar-refractivity contribution >= 4 is 23.2 Å². The van der Waals surface area contributed by atoms with Crippen LogP contribution in [0.5, 0.6) is 0 Å². The van der Waals surface area contributed by atoms with Crippen LogP contribution in [0, 0.1) is 0 Å². The molecule has 0 aromatic rings. The van der Waals surface area contributed by atoms with E-state index in [2.05, 4.69) is 20.2 Å². The van der Waals surface area contributed by atoms with E-state index in [0.29, 0.717) is 35.4 Å². The Balaban J connectivity index is 1.88. The molecule has 0 atom stereocenters. The molecular formula is C16H16N6O2. The Morgan fingerprint density at radius 2 is 1.33 bits per heavy atom. The second-order valence-corrected chi connectivity index (χ2v) is 5.25. The summed E-state index contributed by atoms with van der Waals surface area (Å²) in [6, 6.07) is 0. The average molecular weight is 324 g/mol. The first-order valence-electron chi connectivity index (χ1n) is 7.33. The van der Waals surface area contributed by atoms with E-state index in [1.54, 1.807) is 43.4 Å². The Kier molecular flexibility index (Phi) is 5.52. The highest BCUT2D eigenvalue weighted by Crippen LogP contribution is 2.09. The highest BCUT2D eigenvalue weighted by Gasteiger charge is 2.18. The van der Waals surface area contributed by atoms with Crippen molar-refractivity contribution in [2.75, 3.05) is 0 Å². The molecule has 0 radical (unpaired) electrons. The summed E-state index contributed by atoms with van der Waals surface area (Å²) >= 11 is 0. The minimum absolute atomic E-state index is 0.334. The molecule has 2 rings (SSSR count). The molecule has 2 aliphatic rings. The van der Waals surface area contributed by atoms with E-state index >= 15 is 0 Å². The van der Waals surface area contributed by atoms with Gasteiger partial charge in [0.1, 0.15) is 0 Å². The quantitative estimate of drug-likeness (QED) is 0.447. The number of nitrogens with zero attached hydrogens (tertiary/aromatic N) is 4. The summed E-state index contributed by atoms with van der Waals surface area (Å²) in [7, 11) is 0. The van der Waals surface area contributed by atoms with Gasteiger partial charge in [-0.2, -0.15) is 9.58 Å². The van der Waals surface area contributed by atoms with Crippen LogP contribution >= 0.6 is 0 Å². The molecule has 24 heavy (non-hydrogen) atoms. The highest BCUT2D eigenvalue weighted by molar-refractivity contribution is 6.04. The van der Waals surface area contributed by atoms with Gasteiger partial charge >= 0.3 is 0 Å². The summed E-state index contributed by atoms with van der Waals surface area (Å²) in [5.41, 5.74) is 19.1. The van der Waals surface area contributed by atoms with Crippen LogP contribution in [-0.2, 0) is 9.59 Å². The molecule has 2 amide bonds. The zero-order chi connectivity index (χ0) is 17.5. The van der Waals surface area contributed by atoms with Crippen LogP contribution in [0.25, 0.3) is 11.1 Å². The van der Waals surface area contributed by atoms with Gasteiger partial charge in [-0.1, -0.05) is 12.2 Å². The molecule has 0 saturated carbocycles. The third-order valence-electron chi connectivity index (χ3n) is 3.45. The minimum Gasteiger partial charge on any atom is -0.361 e. The molecule has 0 unspecified atom stereocenters. The van der Waals surface area contributed by atoms with Crippen molar-refractivity contribution in [1.82, 2.24) is 10.6 Å². The Labute approximate surface area is 138 Å². The molecule has 0 spiro atoms. The van der Waals surface area contributed by atoms with E-state index in [1.807, 2.05) is 0 Å². The molecule has 2 aliphatic carbocycles. The monoisotopic (exact) mass is 324 g/mol. The first kappa shape index (κ1) is 17.0. The summed E-state index contributed by atoms with van der Waals surface area (Å²) in [6.45, 7) is 1.65. The van der Waals surface area contributed by atoms with Crippen molar-refractivity contribution in [2.45, 2.75) is 25.9 Å². The maximum Gasteiger partial charge on any atom is 0.295 e. The number of hydrogen-bond acceptors (Lipinski definition) is 2. The molecule has 0 heterocycles. The van der Waals surface area contributed by atoms with Gasteiger partial charge in [0.05, 0.1) is 19.0 Å². The van der Waals surface area contributed by atoms with Gasteiger partial charge in [-0.25, -0.2) is 0 Å². The fraction of sp³-hybridized carbons (Fsp3) is 0.250. The van der Waals surface area contributed by atoms with E-state index in [1.165, 1.54) is 0 Å². The summed E-state index contributed by atoms with van der Waals surface area (Å²) in [5, 5.41) is 5.33. The van der Waals surface area contributed by atoms with Crippen LogP contribution in [0.15, 0.2) is 47.6 Å². The normalized spacial score (nSPS) is 17.2. The fourth-order valence-electron chi connectivity index (χ4n) is 2.15. The van der Waals surface area contributed by atoms with Crippen molar-refractivity contribution < 1.29 is 19.2 Å². The highest BCUT2D eigenvalue weighted by atomic mass is 16.2. The lowest BCUT2D eigenvalue weighted by Gasteiger charge is -2.17. The van der Waals surface area contributed by atoms with Gasteiger partial charge in [0.15, 0.2) is 0 Å². The molecule has 0 fully saturated rings. The van der Waals surface area contributed by atoms with E-state index in [-0.39, 0.29) is 11.8 Å². The van der Waals surface area contributed by atoms with Crippen molar-refractivity contribution in [3.63, 3.8) is 0 Å². The van der Waals surface area contributed by atoms with Gasteiger partial charge in [0.2, 0.25) is 0 Å². The largest absolute Gasteiger partial charge is 0.361 e. The van der Waals surface area contributed by atoms with Gasteiger partial charge in [0, 0.05) is 23.3 Å². The molecule has 0 aromatic heterocycles. The zero-order valence-electron chi connectivity index (χ0n) is 13.1. The number of carbonyl (C=O) groups excluding carboxylic acids is 2. The van der Waals surface area contributed by atoms with E-state index < -0.39 is 6.17 Å². The fourth-order valence-corrected chi connectivity index (χ4v) is 2.15. The van der Waals surface area contributed by atoms with Crippen LogP contribution in [0.2, 0.25) is 0 Å². The lowest BCUT2D eigenvalue weighted by atomic mass is 10.0. The van der Waals surface area contributed by atoms with Crippen molar-refractivity contribution in [3.05, 3.63) is 58.7 Å². The Morgan fingerprint density at radius 3 is 1.62 bits per heavy atom. The van der Waals surface area contributed by atoms with Gasteiger partial charge in [-0.3, -0.25) is 9.59 Å². The number of hydrogen-bond donors (Lipinski definition) is 2. The number of allylic oxidation sites excluding steroid dienone is 4. The van der Waals surface area contributed by atoms with Gasteiger partial charge in [-0.05, 0) is 19.1 Å². The van der Waals surface area contributed by atoms with Crippen LogP contribution in [0.3, 0.4) is 0 Å². The first-order chi connectivity index (χ1) is 11.5. The number of rotatable bonds is 4. The van der Waals surface area contributed by atoms with Gasteiger partial charge < -0.3 is 21.7 Å². The van der Waals surface area contributed by atoms with Crippen LogP contribution < -0.4 is 10.6 Å². The predicted octanol–water partition coefficient (Wildman–Crippen LogP) is 0.679. The lowest BCUT2D eigenvalue weighted by molar-refractivity contribution is -0.120. The van der Waals surface area contributed by atoms with E-state index in [0.717, 1.165) is 0 Å². The Bertz CT molecular complexity index is 723.